The van der Waals surface area contributed by atoms with E-state index in [1.165, 1.54) is 6.07 Å². The fraction of sp³-hybridized carbons (Fsp3) is 0.235. The van der Waals surface area contributed by atoms with E-state index in [4.69, 9.17) is 5.73 Å². The van der Waals surface area contributed by atoms with Gasteiger partial charge in [0, 0.05) is 24.3 Å². The van der Waals surface area contributed by atoms with E-state index < -0.39 is 0 Å². The number of phenols is 1. The molecule has 3 N–H and O–H groups in total. The Labute approximate surface area is 124 Å². The molecule has 2 aromatic carbocycles. The fourth-order valence-electron chi connectivity index (χ4n) is 2.26. The summed E-state index contributed by atoms with van der Waals surface area (Å²) in [4.78, 5) is 14.3. The highest BCUT2D eigenvalue weighted by molar-refractivity contribution is 5.94. The molecule has 0 atom stereocenters. The van der Waals surface area contributed by atoms with E-state index in [-0.39, 0.29) is 11.7 Å². The van der Waals surface area contributed by atoms with Crippen LogP contribution < -0.4 is 5.73 Å². The third-order valence-electron chi connectivity index (χ3n) is 3.20. The molecule has 1 amide bonds. The average Bonchev–Trinajstić information content (AvgIpc) is 2.46. The zero-order chi connectivity index (χ0) is 15.2. The molecule has 0 aliphatic heterocycles. The van der Waals surface area contributed by atoms with Crippen LogP contribution in [0.4, 0.5) is 5.69 Å². The first-order chi connectivity index (χ1) is 10.1. The molecule has 21 heavy (non-hydrogen) atoms. The Kier molecular flexibility index (Phi) is 4.82. The van der Waals surface area contributed by atoms with Crippen LogP contribution in [-0.2, 0) is 6.54 Å². The number of hydrogen-bond acceptors (Lipinski definition) is 3. The number of hydrogen-bond donors (Lipinski definition) is 2. The SMILES string of the molecule is CCCN(Cc1cccc(N)c1)C(=O)c1cccc(O)c1. The number of amides is 1. The summed E-state index contributed by atoms with van der Waals surface area (Å²) in [5, 5.41) is 9.51. The molecule has 0 saturated carbocycles. The molecule has 2 rings (SSSR count). The lowest BCUT2D eigenvalue weighted by atomic mass is 10.1. The molecular weight excluding hydrogens is 264 g/mol. The smallest absolute Gasteiger partial charge is 0.254 e. The molecular formula is C17H20N2O2. The number of nitrogen functional groups attached to an aromatic ring is 1. The van der Waals surface area contributed by atoms with Gasteiger partial charge >= 0.3 is 0 Å². The summed E-state index contributed by atoms with van der Waals surface area (Å²) >= 11 is 0. The maximum absolute atomic E-state index is 12.6. The Morgan fingerprint density at radius 3 is 2.62 bits per heavy atom. The number of nitrogens with two attached hydrogens (primary N) is 1. The number of carbonyl (C=O) groups excluding carboxylic acids is 1. The van der Waals surface area contributed by atoms with Crippen LogP contribution in [0.5, 0.6) is 5.75 Å². The predicted octanol–water partition coefficient (Wildman–Crippen LogP) is 3.03. The molecule has 0 saturated heterocycles. The third-order valence-corrected chi connectivity index (χ3v) is 3.20. The minimum atomic E-state index is -0.0878. The average molecular weight is 284 g/mol. The van der Waals surface area contributed by atoms with Crippen LogP contribution in [0.25, 0.3) is 0 Å². The van der Waals surface area contributed by atoms with Crippen molar-refractivity contribution in [2.45, 2.75) is 19.9 Å². The van der Waals surface area contributed by atoms with Gasteiger partial charge in [-0.3, -0.25) is 4.79 Å². The van der Waals surface area contributed by atoms with Crippen LogP contribution in [0.15, 0.2) is 48.5 Å². The second-order valence-corrected chi connectivity index (χ2v) is 5.02. The van der Waals surface area contributed by atoms with Gasteiger partial charge in [-0.25, -0.2) is 0 Å². The van der Waals surface area contributed by atoms with Crippen LogP contribution in [0.2, 0.25) is 0 Å². The van der Waals surface area contributed by atoms with Crippen LogP contribution in [-0.4, -0.2) is 22.5 Å². The normalized spacial score (nSPS) is 10.3. The minimum absolute atomic E-state index is 0.0878. The molecule has 0 unspecified atom stereocenters. The summed E-state index contributed by atoms with van der Waals surface area (Å²) in [6, 6.07) is 14.0. The highest BCUT2D eigenvalue weighted by Crippen LogP contribution is 2.16. The van der Waals surface area contributed by atoms with Gasteiger partial charge in [-0.15, -0.1) is 0 Å². The minimum Gasteiger partial charge on any atom is -0.508 e. The number of aromatic hydroxyl groups is 1. The van der Waals surface area contributed by atoms with Gasteiger partial charge in [-0.05, 0) is 42.3 Å². The van der Waals surface area contributed by atoms with Crippen LogP contribution in [0.3, 0.4) is 0 Å². The van der Waals surface area contributed by atoms with Crippen LogP contribution in [0, 0.1) is 0 Å². The molecule has 0 spiro atoms. The summed E-state index contributed by atoms with van der Waals surface area (Å²) in [5.74, 6) is 0.0106. The maximum Gasteiger partial charge on any atom is 0.254 e. The lowest BCUT2D eigenvalue weighted by Gasteiger charge is -2.22. The molecule has 2 aromatic rings. The number of rotatable bonds is 5. The van der Waals surface area contributed by atoms with Crippen molar-refractivity contribution in [2.24, 2.45) is 0 Å². The Morgan fingerprint density at radius 2 is 1.95 bits per heavy atom. The van der Waals surface area contributed by atoms with Gasteiger partial charge < -0.3 is 15.7 Å². The summed E-state index contributed by atoms with van der Waals surface area (Å²) in [7, 11) is 0. The summed E-state index contributed by atoms with van der Waals surface area (Å²) in [5.41, 5.74) is 7.96. The zero-order valence-corrected chi connectivity index (χ0v) is 12.1. The summed E-state index contributed by atoms with van der Waals surface area (Å²) in [6.07, 6.45) is 0.868. The number of anilines is 1. The van der Waals surface area contributed by atoms with Gasteiger partial charge in [0.1, 0.15) is 5.75 Å². The van der Waals surface area contributed by atoms with E-state index in [0.717, 1.165) is 12.0 Å². The van der Waals surface area contributed by atoms with E-state index in [0.29, 0.717) is 24.3 Å². The van der Waals surface area contributed by atoms with E-state index in [9.17, 15) is 9.90 Å². The van der Waals surface area contributed by atoms with Gasteiger partial charge in [0.05, 0.1) is 0 Å². The van der Waals surface area contributed by atoms with Crippen molar-refractivity contribution >= 4 is 11.6 Å². The predicted molar refractivity (Wildman–Crippen MR) is 84.0 cm³/mol. The standard InChI is InChI=1S/C17H20N2O2/c1-2-9-19(12-13-5-3-7-15(18)10-13)17(21)14-6-4-8-16(20)11-14/h3-8,10-11,20H,2,9,12,18H2,1H3. The molecule has 110 valence electrons. The van der Waals surface area contributed by atoms with Crippen molar-refractivity contribution in [3.05, 3.63) is 59.7 Å². The molecule has 4 heteroatoms. The van der Waals surface area contributed by atoms with Crippen molar-refractivity contribution in [3.8, 4) is 5.75 Å². The number of nitrogens with zero attached hydrogens (tertiary/aromatic N) is 1. The topological polar surface area (TPSA) is 66.6 Å². The van der Waals surface area contributed by atoms with Gasteiger partial charge in [0.25, 0.3) is 5.91 Å². The third kappa shape index (κ3) is 3.99. The van der Waals surface area contributed by atoms with Gasteiger partial charge in [0.2, 0.25) is 0 Å². The Bertz CT molecular complexity index is 626. The highest BCUT2D eigenvalue weighted by atomic mass is 16.3. The molecule has 0 heterocycles. The lowest BCUT2D eigenvalue weighted by molar-refractivity contribution is 0.0743. The Balaban J connectivity index is 2.20. The van der Waals surface area contributed by atoms with E-state index in [2.05, 4.69) is 0 Å². The highest BCUT2D eigenvalue weighted by Gasteiger charge is 2.15. The first kappa shape index (κ1) is 14.9. The largest absolute Gasteiger partial charge is 0.508 e. The number of carbonyl (C=O) groups is 1. The second kappa shape index (κ2) is 6.79. The Morgan fingerprint density at radius 1 is 1.19 bits per heavy atom. The molecule has 0 fully saturated rings. The second-order valence-electron chi connectivity index (χ2n) is 5.02. The van der Waals surface area contributed by atoms with Crippen molar-refractivity contribution in [1.82, 2.24) is 4.90 Å². The first-order valence-electron chi connectivity index (χ1n) is 7.03. The van der Waals surface area contributed by atoms with Gasteiger partial charge in [0.15, 0.2) is 0 Å². The van der Waals surface area contributed by atoms with Gasteiger partial charge in [-0.1, -0.05) is 25.1 Å². The van der Waals surface area contributed by atoms with Gasteiger partial charge in [-0.2, -0.15) is 0 Å². The number of phenolic OH excluding ortho intramolecular Hbond substituents is 1. The maximum atomic E-state index is 12.6. The van der Waals surface area contributed by atoms with E-state index in [1.807, 2.05) is 31.2 Å². The first-order valence-corrected chi connectivity index (χ1v) is 7.03. The number of benzene rings is 2. The quantitative estimate of drug-likeness (QED) is 0.829. The summed E-state index contributed by atoms with van der Waals surface area (Å²) in [6.45, 7) is 3.19. The van der Waals surface area contributed by atoms with Crippen LogP contribution >= 0.6 is 0 Å². The van der Waals surface area contributed by atoms with E-state index >= 15 is 0 Å². The lowest BCUT2D eigenvalue weighted by Crippen LogP contribution is -2.31. The molecule has 0 radical (unpaired) electrons. The molecule has 0 aromatic heterocycles. The monoisotopic (exact) mass is 284 g/mol. The van der Waals surface area contributed by atoms with E-state index in [1.54, 1.807) is 23.1 Å². The van der Waals surface area contributed by atoms with Crippen molar-refractivity contribution in [3.63, 3.8) is 0 Å². The van der Waals surface area contributed by atoms with Crippen molar-refractivity contribution in [1.29, 1.82) is 0 Å². The molecule has 0 aliphatic carbocycles. The molecule has 4 nitrogen and oxygen atoms in total. The van der Waals surface area contributed by atoms with Crippen molar-refractivity contribution < 1.29 is 9.90 Å². The zero-order valence-electron chi connectivity index (χ0n) is 12.1. The molecule has 0 bridgehead atoms. The fourth-order valence-corrected chi connectivity index (χ4v) is 2.26. The van der Waals surface area contributed by atoms with Crippen LogP contribution in [0.1, 0.15) is 29.3 Å². The summed E-state index contributed by atoms with van der Waals surface area (Å²) < 4.78 is 0. The van der Waals surface area contributed by atoms with Crippen molar-refractivity contribution in [2.75, 3.05) is 12.3 Å². The molecule has 0 aliphatic rings. The Hall–Kier alpha value is -2.49.